The summed E-state index contributed by atoms with van der Waals surface area (Å²) in [5.74, 6) is 10.1. The largest absolute Gasteiger partial charge is 0.392 e. The molecule has 0 aromatic rings. The van der Waals surface area contributed by atoms with E-state index in [1.165, 1.54) is 0 Å². The first kappa shape index (κ1) is 24.7. The van der Waals surface area contributed by atoms with Crippen molar-refractivity contribution < 1.29 is 15.0 Å². The van der Waals surface area contributed by atoms with Crippen LogP contribution in [0.4, 0.5) is 0 Å². The Kier molecular flexibility index (Phi) is 8.43. The van der Waals surface area contributed by atoms with E-state index in [1.54, 1.807) is 11.8 Å². The molecule has 5 fully saturated rings. The number of rotatable bonds is 4. The van der Waals surface area contributed by atoms with E-state index in [1.807, 2.05) is 70.6 Å². The van der Waals surface area contributed by atoms with Crippen molar-refractivity contribution in [1.29, 1.82) is 0 Å². The summed E-state index contributed by atoms with van der Waals surface area (Å²) in [7, 11) is 0. The van der Waals surface area contributed by atoms with Gasteiger partial charge in [0.2, 0.25) is 0 Å². The van der Waals surface area contributed by atoms with E-state index in [9.17, 15) is 15.0 Å². The van der Waals surface area contributed by atoms with Gasteiger partial charge in [0, 0.05) is 57.9 Å². The molecule has 0 aliphatic carbocycles. The monoisotopic (exact) mass is 556 g/mol. The number of hydrogen-bond acceptors (Lipinski definition) is 10. The van der Waals surface area contributed by atoms with E-state index in [0.29, 0.717) is 11.5 Å². The molecule has 0 unspecified atom stereocenters. The maximum absolute atomic E-state index is 13.7. The lowest BCUT2D eigenvalue weighted by molar-refractivity contribution is -0.135. The van der Waals surface area contributed by atoms with Gasteiger partial charge in [0.05, 0.1) is 32.2 Å². The number of Topliss-reactive ketones (excluding diaryl/α,β-unsaturated/α-hetero) is 1. The predicted molar refractivity (Wildman–Crippen MR) is 147 cm³/mol. The zero-order valence-electron chi connectivity index (χ0n) is 17.6. The van der Waals surface area contributed by atoms with E-state index in [4.69, 9.17) is 0 Å². The van der Waals surface area contributed by atoms with Gasteiger partial charge in [-0.25, -0.2) is 0 Å². The molecule has 0 amide bonds. The highest BCUT2D eigenvalue weighted by molar-refractivity contribution is 8.22. The topological polar surface area (TPSA) is 57.5 Å². The molecular formula is C21H32O3S7. The zero-order valence-corrected chi connectivity index (χ0v) is 23.3. The van der Waals surface area contributed by atoms with E-state index in [0.717, 1.165) is 58.9 Å². The molecule has 0 aromatic carbocycles. The summed E-state index contributed by atoms with van der Waals surface area (Å²) in [6.45, 7) is 0. The van der Waals surface area contributed by atoms with Crippen molar-refractivity contribution in [3.63, 3.8) is 0 Å². The normalized spacial score (nSPS) is 39.7. The van der Waals surface area contributed by atoms with Gasteiger partial charge < -0.3 is 10.2 Å². The molecule has 5 aliphatic heterocycles. The van der Waals surface area contributed by atoms with Crippen LogP contribution in [0.1, 0.15) is 12.8 Å². The van der Waals surface area contributed by atoms with Gasteiger partial charge in [-0.3, -0.25) is 4.79 Å². The third kappa shape index (κ3) is 4.75. The van der Waals surface area contributed by atoms with Crippen molar-refractivity contribution in [2.75, 3.05) is 57.5 Å². The maximum Gasteiger partial charge on any atom is 0.145 e. The van der Waals surface area contributed by atoms with Gasteiger partial charge in [0.15, 0.2) is 0 Å². The van der Waals surface area contributed by atoms with Crippen molar-refractivity contribution in [3.8, 4) is 0 Å². The fraction of sp³-hybridized carbons (Fsp3) is 0.952. The summed E-state index contributed by atoms with van der Waals surface area (Å²) in [5, 5.41) is 23.1. The Hall–Kier alpha value is 2.04. The van der Waals surface area contributed by atoms with E-state index >= 15 is 0 Å². The van der Waals surface area contributed by atoms with Crippen LogP contribution >= 0.6 is 82.3 Å². The molecule has 2 N–H and O–H groups in total. The number of carbonyl (C=O) groups excluding carboxylic acids is 1. The summed E-state index contributed by atoms with van der Waals surface area (Å²) < 4.78 is 0.199. The van der Waals surface area contributed by atoms with Crippen LogP contribution in [0.2, 0.25) is 0 Å². The second kappa shape index (κ2) is 10.6. The first-order valence-corrected chi connectivity index (χ1v) is 18.7. The Bertz CT molecular complexity index is 601. The zero-order chi connectivity index (χ0) is 21.5. The molecule has 10 heteroatoms. The van der Waals surface area contributed by atoms with Crippen molar-refractivity contribution >= 4 is 88.1 Å². The predicted octanol–water partition coefficient (Wildman–Crippen LogP) is 4.12. The van der Waals surface area contributed by atoms with Gasteiger partial charge in [-0.2, -0.15) is 35.3 Å². The molecule has 5 aliphatic rings. The number of thioether (sulfide) groups is 7. The summed E-state index contributed by atoms with van der Waals surface area (Å²) >= 11 is 13.7. The number of aliphatic hydroxyl groups excluding tert-OH is 2. The van der Waals surface area contributed by atoms with Crippen molar-refractivity contribution in [3.05, 3.63) is 0 Å². The Morgan fingerprint density at radius 2 is 1.06 bits per heavy atom. The Balaban J connectivity index is 1.32. The van der Waals surface area contributed by atoms with Crippen molar-refractivity contribution in [1.82, 2.24) is 0 Å². The van der Waals surface area contributed by atoms with Crippen molar-refractivity contribution in [2.24, 2.45) is 23.7 Å². The van der Waals surface area contributed by atoms with Crippen LogP contribution in [0.15, 0.2) is 0 Å². The van der Waals surface area contributed by atoms with Crippen LogP contribution in [0.3, 0.4) is 0 Å². The third-order valence-electron chi connectivity index (χ3n) is 7.44. The van der Waals surface area contributed by atoms with Crippen LogP contribution in [-0.4, -0.2) is 93.9 Å². The fourth-order valence-electron chi connectivity index (χ4n) is 5.71. The standard InChI is InChI=1S/C21H32O3S7/c22-17-13(18(23)15-11-25-3-1-20(15)28-5-6-29-20)9-27-10-14(17)19(24)16-12-26-4-2-21(16)30-7-8-31-21/h13-16,18-19,23-24H,1-12H2/t13-,14-,15-,16-,18+,19+/m0/s1. The summed E-state index contributed by atoms with van der Waals surface area (Å²) in [5.41, 5.74) is 0. The highest BCUT2D eigenvalue weighted by Crippen LogP contribution is 2.58. The van der Waals surface area contributed by atoms with E-state index in [2.05, 4.69) is 0 Å². The quantitative estimate of drug-likeness (QED) is 0.529. The maximum atomic E-state index is 13.7. The molecule has 31 heavy (non-hydrogen) atoms. The molecule has 5 saturated heterocycles. The summed E-state index contributed by atoms with van der Waals surface area (Å²) in [6, 6.07) is 0. The first-order valence-electron chi connectivity index (χ1n) is 11.3. The van der Waals surface area contributed by atoms with Gasteiger partial charge in [-0.1, -0.05) is 0 Å². The van der Waals surface area contributed by atoms with Crippen LogP contribution in [0, 0.1) is 23.7 Å². The number of ketones is 1. The highest BCUT2D eigenvalue weighted by atomic mass is 32.2. The second-order valence-electron chi connectivity index (χ2n) is 9.01. The molecule has 176 valence electrons. The SMILES string of the molecule is O=C1[C@@H]([C@@H](O)[C@@H]2CSCCC23SCCS3)CSC[C@@H]1[C@@H](O)[C@@H]1CSCCC12SCCS2. The fourth-order valence-corrected chi connectivity index (χ4v) is 17.9. The van der Waals surface area contributed by atoms with E-state index < -0.39 is 12.2 Å². The van der Waals surface area contributed by atoms with Gasteiger partial charge in [-0.05, 0) is 24.3 Å². The lowest BCUT2D eigenvalue weighted by atomic mass is 9.78. The highest BCUT2D eigenvalue weighted by Gasteiger charge is 2.54. The van der Waals surface area contributed by atoms with Gasteiger partial charge >= 0.3 is 0 Å². The smallest absolute Gasteiger partial charge is 0.145 e. The molecule has 3 nitrogen and oxygen atoms in total. The molecule has 5 rings (SSSR count). The molecule has 0 aromatic heterocycles. The Labute approximate surface area is 216 Å². The molecule has 0 radical (unpaired) electrons. The number of carbonyl (C=O) groups is 1. The summed E-state index contributed by atoms with van der Waals surface area (Å²) in [4.78, 5) is 13.7. The van der Waals surface area contributed by atoms with Crippen LogP contribution in [0.5, 0.6) is 0 Å². The van der Waals surface area contributed by atoms with Crippen LogP contribution in [-0.2, 0) is 4.79 Å². The lowest BCUT2D eigenvalue weighted by Crippen LogP contribution is -2.54. The minimum Gasteiger partial charge on any atom is -0.392 e. The molecule has 2 spiro atoms. The average molecular weight is 557 g/mol. The molecule has 0 saturated carbocycles. The minimum absolute atomic E-state index is 0.0996. The lowest BCUT2D eigenvalue weighted by Gasteiger charge is -2.47. The second-order valence-corrected chi connectivity index (χ2v) is 18.6. The molecular weight excluding hydrogens is 525 g/mol. The van der Waals surface area contributed by atoms with Gasteiger partial charge in [0.1, 0.15) is 5.78 Å². The third-order valence-corrected chi connectivity index (χ3v) is 18.4. The number of hydrogen-bond donors (Lipinski definition) is 2. The Morgan fingerprint density at radius 3 is 1.48 bits per heavy atom. The number of aliphatic hydroxyl groups is 2. The van der Waals surface area contributed by atoms with Gasteiger partial charge in [-0.15, -0.1) is 47.0 Å². The van der Waals surface area contributed by atoms with Crippen LogP contribution in [0.25, 0.3) is 0 Å². The summed E-state index contributed by atoms with van der Waals surface area (Å²) in [6.07, 6.45) is 1.10. The van der Waals surface area contributed by atoms with Crippen LogP contribution < -0.4 is 0 Å². The van der Waals surface area contributed by atoms with Crippen molar-refractivity contribution in [2.45, 2.75) is 33.2 Å². The molecule has 6 atom stereocenters. The molecule has 5 heterocycles. The van der Waals surface area contributed by atoms with E-state index in [-0.39, 0.29) is 37.6 Å². The Morgan fingerprint density at radius 1 is 0.645 bits per heavy atom. The van der Waals surface area contributed by atoms with Gasteiger partial charge in [0.25, 0.3) is 0 Å². The molecule has 0 bridgehead atoms. The first-order chi connectivity index (χ1) is 15.1. The minimum atomic E-state index is -0.578. The average Bonchev–Trinajstić information content (AvgIpc) is 3.44.